The highest BCUT2D eigenvalue weighted by Crippen LogP contribution is 2.27. The molecule has 3 heterocycles. The largest absolute Gasteiger partial charge is 0.457 e. The molecule has 176 valence electrons. The number of benzene rings is 2. The number of imidazole rings is 1. The number of hydrogen-bond acceptors (Lipinski definition) is 5. The molecule has 2 aromatic carbocycles. The highest BCUT2D eigenvalue weighted by atomic mass is 16.5. The Kier molecular flexibility index (Phi) is 5.98. The molecule has 0 radical (unpaired) electrons. The first-order valence-electron chi connectivity index (χ1n) is 11.5. The van der Waals surface area contributed by atoms with Crippen LogP contribution in [0, 0.1) is 11.8 Å². The number of hydrogen-bond donors (Lipinski definition) is 1. The summed E-state index contributed by atoms with van der Waals surface area (Å²) in [6.07, 6.45) is 3.28. The molecule has 0 bridgehead atoms. The van der Waals surface area contributed by atoms with E-state index in [1.807, 2.05) is 54.6 Å². The third-order valence-electron chi connectivity index (χ3n) is 6.20. The molecule has 2 aromatic heterocycles. The molecule has 0 unspecified atom stereocenters. The summed E-state index contributed by atoms with van der Waals surface area (Å²) in [5.74, 6) is 6.73. The van der Waals surface area contributed by atoms with Crippen molar-refractivity contribution in [3.63, 3.8) is 0 Å². The normalized spacial score (nSPS) is 15.1. The predicted molar refractivity (Wildman–Crippen MR) is 134 cm³/mol. The molecular formula is C27H25N5O3. The number of para-hydroxylation sites is 1. The molecule has 5 rings (SSSR count). The first kappa shape index (κ1) is 22.3. The maximum atomic E-state index is 13.7. The lowest BCUT2D eigenvalue weighted by Crippen LogP contribution is -2.39. The number of likely N-dealkylation sites (tertiary alicyclic amines) is 1. The Hall–Kier alpha value is -4.51. The van der Waals surface area contributed by atoms with Crippen molar-refractivity contribution in [3.8, 4) is 29.0 Å². The predicted octanol–water partition coefficient (Wildman–Crippen LogP) is 3.58. The van der Waals surface area contributed by atoms with Gasteiger partial charge in [0, 0.05) is 19.3 Å². The van der Waals surface area contributed by atoms with Gasteiger partial charge in [0.15, 0.2) is 0 Å². The summed E-state index contributed by atoms with van der Waals surface area (Å²) in [7, 11) is 0. The van der Waals surface area contributed by atoms with E-state index in [1.165, 1.54) is 0 Å². The van der Waals surface area contributed by atoms with E-state index in [-0.39, 0.29) is 23.5 Å². The molecule has 0 saturated carbocycles. The van der Waals surface area contributed by atoms with Gasteiger partial charge in [-0.2, -0.15) is 0 Å². The molecule has 0 spiro atoms. The minimum Gasteiger partial charge on any atom is -0.457 e. The lowest BCUT2D eigenvalue weighted by molar-refractivity contribution is -0.126. The van der Waals surface area contributed by atoms with Crippen LogP contribution in [0.2, 0.25) is 0 Å². The summed E-state index contributed by atoms with van der Waals surface area (Å²) in [6, 6.07) is 18.4. The number of nitrogen functional groups attached to an aromatic ring is 1. The smallest absolute Gasteiger partial charge is 0.333 e. The van der Waals surface area contributed by atoms with Gasteiger partial charge in [0.2, 0.25) is 0 Å². The number of amides is 1. The van der Waals surface area contributed by atoms with Crippen molar-refractivity contribution in [2.45, 2.75) is 32.4 Å². The Bertz CT molecular complexity index is 1490. The van der Waals surface area contributed by atoms with Gasteiger partial charge >= 0.3 is 5.69 Å². The van der Waals surface area contributed by atoms with Crippen LogP contribution in [0.3, 0.4) is 0 Å². The highest BCUT2D eigenvalue weighted by molar-refractivity contribution is 5.94. The summed E-state index contributed by atoms with van der Waals surface area (Å²) in [5.41, 5.74) is 7.86. The van der Waals surface area contributed by atoms with E-state index in [9.17, 15) is 9.59 Å². The minimum absolute atomic E-state index is 0.115. The number of nitrogens with zero attached hydrogens (tertiary/aromatic N) is 4. The van der Waals surface area contributed by atoms with E-state index in [1.54, 1.807) is 33.2 Å². The zero-order valence-corrected chi connectivity index (χ0v) is 19.3. The standard InChI is InChI=1S/C27H25N5O3/c1-2-7-24(33)30-17-6-8-20(30)18-31-23-15-16-29-26(28)25(23)32(27(31)34)19-11-13-22(14-12-19)35-21-9-4-3-5-10-21/h3-5,9-16,20H,6,8,17-18H2,1H3,(H2,28,29)/t20-/m0/s1. The Balaban J connectivity index is 1.52. The van der Waals surface area contributed by atoms with Crippen LogP contribution in [0.1, 0.15) is 19.8 Å². The van der Waals surface area contributed by atoms with Crippen LogP contribution in [0.15, 0.2) is 71.7 Å². The Labute approximate surface area is 202 Å². The van der Waals surface area contributed by atoms with Gasteiger partial charge in [0.05, 0.1) is 17.2 Å². The van der Waals surface area contributed by atoms with Gasteiger partial charge in [-0.15, -0.1) is 0 Å². The van der Waals surface area contributed by atoms with E-state index in [2.05, 4.69) is 16.8 Å². The van der Waals surface area contributed by atoms with Crippen molar-refractivity contribution >= 4 is 22.8 Å². The molecule has 1 amide bonds. The van der Waals surface area contributed by atoms with E-state index in [0.717, 1.165) is 18.6 Å². The molecule has 4 aromatic rings. The number of ether oxygens (including phenoxy) is 1. The fourth-order valence-electron chi connectivity index (χ4n) is 4.61. The minimum atomic E-state index is -0.239. The fourth-order valence-corrected chi connectivity index (χ4v) is 4.61. The van der Waals surface area contributed by atoms with Crippen LogP contribution in [-0.4, -0.2) is 37.5 Å². The Morgan fingerprint density at radius 3 is 2.60 bits per heavy atom. The fraction of sp³-hybridized carbons (Fsp3) is 0.222. The van der Waals surface area contributed by atoms with E-state index in [4.69, 9.17) is 10.5 Å². The van der Waals surface area contributed by atoms with Crippen LogP contribution in [-0.2, 0) is 11.3 Å². The van der Waals surface area contributed by atoms with Gasteiger partial charge in [-0.1, -0.05) is 24.1 Å². The number of nitrogens with two attached hydrogens (primary N) is 1. The van der Waals surface area contributed by atoms with Gasteiger partial charge in [0.25, 0.3) is 5.91 Å². The first-order valence-corrected chi connectivity index (χ1v) is 11.5. The van der Waals surface area contributed by atoms with E-state index in [0.29, 0.717) is 35.6 Å². The van der Waals surface area contributed by atoms with E-state index >= 15 is 0 Å². The van der Waals surface area contributed by atoms with Crippen molar-refractivity contribution in [1.82, 2.24) is 19.0 Å². The summed E-state index contributed by atoms with van der Waals surface area (Å²) in [6.45, 7) is 2.64. The lowest BCUT2D eigenvalue weighted by atomic mass is 10.2. The number of carbonyl (C=O) groups is 1. The second kappa shape index (κ2) is 9.39. The molecule has 8 nitrogen and oxygen atoms in total. The number of anilines is 1. The van der Waals surface area contributed by atoms with Crippen molar-refractivity contribution < 1.29 is 9.53 Å². The zero-order chi connectivity index (χ0) is 24.4. The third-order valence-corrected chi connectivity index (χ3v) is 6.20. The van der Waals surface area contributed by atoms with Crippen LogP contribution in [0.4, 0.5) is 5.82 Å². The highest BCUT2D eigenvalue weighted by Gasteiger charge is 2.30. The molecule has 1 fully saturated rings. The van der Waals surface area contributed by atoms with Gasteiger partial charge in [-0.25, -0.2) is 9.78 Å². The monoisotopic (exact) mass is 467 g/mol. The number of carbonyl (C=O) groups excluding carboxylic acids is 1. The molecule has 35 heavy (non-hydrogen) atoms. The lowest BCUT2D eigenvalue weighted by Gasteiger charge is -2.22. The molecule has 2 N–H and O–H groups in total. The first-order chi connectivity index (χ1) is 17.1. The van der Waals surface area contributed by atoms with Gasteiger partial charge in [-0.3, -0.25) is 13.9 Å². The van der Waals surface area contributed by atoms with Crippen molar-refractivity contribution in [2.75, 3.05) is 12.3 Å². The number of aromatic nitrogens is 3. The topological polar surface area (TPSA) is 95.4 Å². The maximum absolute atomic E-state index is 13.7. The molecule has 1 saturated heterocycles. The molecule has 8 heteroatoms. The average molecular weight is 468 g/mol. The van der Waals surface area contributed by atoms with Gasteiger partial charge in [-0.05, 0) is 68.2 Å². The van der Waals surface area contributed by atoms with Crippen LogP contribution in [0.25, 0.3) is 16.7 Å². The third kappa shape index (κ3) is 4.24. The van der Waals surface area contributed by atoms with Crippen molar-refractivity contribution in [2.24, 2.45) is 0 Å². The quantitative estimate of drug-likeness (QED) is 0.453. The van der Waals surface area contributed by atoms with Gasteiger partial charge in [0.1, 0.15) is 22.8 Å². The van der Waals surface area contributed by atoms with Crippen molar-refractivity contribution in [1.29, 1.82) is 0 Å². The van der Waals surface area contributed by atoms with E-state index < -0.39 is 0 Å². The zero-order valence-electron chi connectivity index (χ0n) is 19.3. The SMILES string of the molecule is CC#CC(=O)N1CCC[C@H]1Cn1c(=O)n(-c2ccc(Oc3ccccc3)cc2)c2c(N)nccc21. The second-order valence-corrected chi connectivity index (χ2v) is 8.37. The molecule has 1 atom stereocenters. The summed E-state index contributed by atoms with van der Waals surface area (Å²) < 4.78 is 9.12. The number of fused-ring (bicyclic) bond motifs is 1. The molecule has 1 aliphatic rings. The van der Waals surface area contributed by atoms with Crippen molar-refractivity contribution in [3.05, 3.63) is 77.3 Å². The maximum Gasteiger partial charge on any atom is 0.333 e. The second-order valence-electron chi connectivity index (χ2n) is 8.37. The Morgan fingerprint density at radius 2 is 1.86 bits per heavy atom. The molecule has 0 aliphatic carbocycles. The van der Waals surface area contributed by atoms with Gasteiger partial charge < -0.3 is 15.4 Å². The van der Waals surface area contributed by atoms with Crippen LogP contribution in [0.5, 0.6) is 11.5 Å². The summed E-state index contributed by atoms with van der Waals surface area (Å²) >= 11 is 0. The number of pyridine rings is 1. The Morgan fingerprint density at radius 1 is 1.11 bits per heavy atom. The number of rotatable bonds is 5. The molecule has 1 aliphatic heterocycles. The average Bonchev–Trinajstić information content (AvgIpc) is 3.44. The molecular weight excluding hydrogens is 442 g/mol. The van der Waals surface area contributed by atoms with Crippen LogP contribution < -0.4 is 16.2 Å². The summed E-state index contributed by atoms with van der Waals surface area (Å²) in [4.78, 5) is 32.1. The summed E-state index contributed by atoms with van der Waals surface area (Å²) in [5, 5.41) is 0. The van der Waals surface area contributed by atoms with Crippen LogP contribution >= 0.6 is 0 Å².